The Labute approximate surface area is 163 Å². The third-order valence-corrected chi connectivity index (χ3v) is 4.67. The number of ketones is 1. The molecule has 0 aliphatic carbocycles. The first-order chi connectivity index (χ1) is 13.0. The van der Waals surface area contributed by atoms with Crippen molar-refractivity contribution in [3.63, 3.8) is 0 Å². The van der Waals surface area contributed by atoms with Crippen molar-refractivity contribution in [3.05, 3.63) is 23.0 Å². The number of carboxylic acids is 1. The third-order valence-electron chi connectivity index (χ3n) is 4.20. The lowest BCUT2D eigenvalue weighted by atomic mass is 10.0. The number of pyridine rings is 1. The van der Waals surface area contributed by atoms with Gasteiger partial charge in [0.25, 0.3) is 0 Å². The van der Waals surface area contributed by atoms with Crippen LogP contribution in [0.4, 0.5) is 0 Å². The zero-order valence-corrected chi connectivity index (χ0v) is 16.8. The Bertz CT molecular complexity index is 734. The van der Waals surface area contributed by atoms with Gasteiger partial charge in [-0.15, -0.1) is 0 Å². The summed E-state index contributed by atoms with van der Waals surface area (Å²) in [7, 11) is -4.68. The standard InChI is InChI=1S/C17H27N2O8P/c1-11(15(20)6-4-3-5-7-16(21)22)19-9-14-13(10-27-28(24,25)26)8-18-12(2)17(14)23/h8,11,19,23H,3-7,9-10H2,1-2H3,(H,21,22)(H2,24,25,26). The van der Waals surface area contributed by atoms with Crippen LogP contribution in [0.2, 0.25) is 0 Å². The highest BCUT2D eigenvalue weighted by molar-refractivity contribution is 7.46. The molecule has 1 heterocycles. The van der Waals surface area contributed by atoms with Gasteiger partial charge in [-0.05, 0) is 26.7 Å². The number of phosphoric ester groups is 1. The first-order valence-electron chi connectivity index (χ1n) is 8.85. The average molecular weight is 418 g/mol. The molecule has 1 aromatic heterocycles. The van der Waals surface area contributed by atoms with E-state index in [1.807, 2.05) is 0 Å². The van der Waals surface area contributed by atoms with E-state index in [0.29, 0.717) is 42.5 Å². The van der Waals surface area contributed by atoms with Crippen molar-refractivity contribution in [3.8, 4) is 5.75 Å². The number of aliphatic carboxylic acids is 1. The molecule has 1 atom stereocenters. The number of Topliss-reactive ketones (excluding diaryl/α,β-unsaturated/α-hetero) is 1. The number of nitrogens with one attached hydrogen (secondary N) is 1. The maximum atomic E-state index is 12.2. The van der Waals surface area contributed by atoms with Gasteiger partial charge in [-0.1, -0.05) is 6.42 Å². The van der Waals surface area contributed by atoms with E-state index in [0.717, 1.165) is 0 Å². The van der Waals surface area contributed by atoms with Crippen LogP contribution in [0.1, 0.15) is 55.8 Å². The summed E-state index contributed by atoms with van der Waals surface area (Å²) in [6, 6.07) is -0.511. The highest BCUT2D eigenvalue weighted by atomic mass is 31.2. The highest BCUT2D eigenvalue weighted by Crippen LogP contribution is 2.38. The van der Waals surface area contributed by atoms with Gasteiger partial charge < -0.3 is 25.3 Å². The van der Waals surface area contributed by atoms with Crippen LogP contribution in [0.15, 0.2) is 6.20 Å². The molecule has 1 rings (SSSR count). The molecule has 0 saturated carbocycles. The number of aromatic nitrogens is 1. The maximum Gasteiger partial charge on any atom is 0.469 e. The SMILES string of the molecule is Cc1ncc(COP(=O)(O)O)c(CNC(C)C(=O)CCCCCC(=O)O)c1O. The second-order valence-electron chi connectivity index (χ2n) is 6.48. The van der Waals surface area contributed by atoms with Gasteiger partial charge in [-0.25, -0.2) is 4.57 Å². The van der Waals surface area contributed by atoms with E-state index < -0.39 is 26.4 Å². The molecule has 0 amide bonds. The number of carbonyl (C=O) groups excluding carboxylic acids is 1. The fourth-order valence-corrected chi connectivity index (χ4v) is 2.80. The molecule has 0 fully saturated rings. The van der Waals surface area contributed by atoms with Gasteiger partial charge in [0, 0.05) is 36.7 Å². The van der Waals surface area contributed by atoms with Crippen LogP contribution in [0.25, 0.3) is 0 Å². The molecule has 158 valence electrons. The number of hydrogen-bond donors (Lipinski definition) is 5. The monoisotopic (exact) mass is 418 g/mol. The summed E-state index contributed by atoms with van der Waals surface area (Å²) < 4.78 is 15.4. The lowest BCUT2D eigenvalue weighted by Gasteiger charge is -2.17. The molecule has 0 aliphatic rings. The predicted molar refractivity (Wildman–Crippen MR) is 99.5 cm³/mol. The summed E-state index contributed by atoms with van der Waals surface area (Å²) in [5, 5.41) is 21.8. The van der Waals surface area contributed by atoms with Crippen LogP contribution >= 0.6 is 7.82 Å². The summed E-state index contributed by atoms with van der Waals surface area (Å²) in [6.07, 6.45) is 3.53. The quantitative estimate of drug-likeness (QED) is 0.235. The van der Waals surface area contributed by atoms with Gasteiger partial charge in [0.15, 0.2) is 0 Å². The van der Waals surface area contributed by atoms with Gasteiger partial charge in [0.1, 0.15) is 11.5 Å². The Balaban J connectivity index is 2.62. The van der Waals surface area contributed by atoms with E-state index in [9.17, 15) is 19.3 Å². The topological polar surface area (TPSA) is 166 Å². The largest absolute Gasteiger partial charge is 0.506 e. The molecule has 0 saturated heterocycles. The number of carboxylic acid groups (broad SMARTS) is 1. The van der Waals surface area contributed by atoms with E-state index in [1.54, 1.807) is 13.8 Å². The van der Waals surface area contributed by atoms with Crippen molar-refractivity contribution in [1.82, 2.24) is 10.3 Å². The summed E-state index contributed by atoms with van der Waals surface area (Å²) >= 11 is 0. The van der Waals surface area contributed by atoms with Gasteiger partial charge in [-0.2, -0.15) is 0 Å². The number of aryl methyl sites for hydroxylation is 1. The smallest absolute Gasteiger partial charge is 0.469 e. The van der Waals surface area contributed by atoms with Crippen LogP contribution in [0, 0.1) is 6.92 Å². The fraction of sp³-hybridized carbons (Fsp3) is 0.588. The molecule has 0 aromatic carbocycles. The molecular weight excluding hydrogens is 391 g/mol. The van der Waals surface area contributed by atoms with E-state index in [-0.39, 0.29) is 24.5 Å². The van der Waals surface area contributed by atoms with Crippen molar-refractivity contribution in [1.29, 1.82) is 0 Å². The van der Waals surface area contributed by atoms with E-state index >= 15 is 0 Å². The molecular formula is C17H27N2O8P. The van der Waals surface area contributed by atoms with Crippen molar-refractivity contribution >= 4 is 19.6 Å². The highest BCUT2D eigenvalue weighted by Gasteiger charge is 2.19. The number of carbonyl (C=O) groups is 2. The minimum absolute atomic E-state index is 0.0476. The maximum absolute atomic E-state index is 12.2. The van der Waals surface area contributed by atoms with E-state index in [1.165, 1.54) is 6.20 Å². The van der Waals surface area contributed by atoms with Gasteiger partial charge in [0.05, 0.1) is 18.3 Å². The summed E-state index contributed by atoms with van der Waals surface area (Å²) in [4.78, 5) is 44.3. The Morgan fingerprint density at radius 3 is 2.50 bits per heavy atom. The van der Waals surface area contributed by atoms with Crippen LogP contribution in [0.5, 0.6) is 5.75 Å². The first-order valence-corrected chi connectivity index (χ1v) is 10.4. The number of nitrogens with zero attached hydrogens (tertiary/aromatic N) is 1. The minimum atomic E-state index is -4.68. The molecule has 28 heavy (non-hydrogen) atoms. The number of aromatic hydroxyl groups is 1. The second kappa shape index (κ2) is 11.2. The van der Waals surface area contributed by atoms with Crippen molar-refractivity contribution in [2.45, 2.75) is 65.1 Å². The molecule has 0 spiro atoms. The van der Waals surface area contributed by atoms with Crippen LogP contribution in [-0.4, -0.2) is 42.8 Å². The lowest BCUT2D eigenvalue weighted by molar-refractivity contribution is -0.137. The van der Waals surface area contributed by atoms with E-state index in [4.69, 9.17) is 14.9 Å². The molecule has 11 heteroatoms. The summed E-state index contributed by atoms with van der Waals surface area (Å²) in [5.41, 5.74) is 0.989. The Morgan fingerprint density at radius 2 is 1.89 bits per heavy atom. The zero-order valence-electron chi connectivity index (χ0n) is 15.9. The molecule has 0 aliphatic heterocycles. The van der Waals surface area contributed by atoms with Crippen LogP contribution in [0.3, 0.4) is 0 Å². The van der Waals surface area contributed by atoms with Crippen LogP contribution in [-0.2, 0) is 31.8 Å². The molecule has 10 nitrogen and oxygen atoms in total. The number of rotatable bonds is 13. The molecule has 1 aromatic rings. The second-order valence-corrected chi connectivity index (χ2v) is 7.72. The average Bonchev–Trinajstić information content (AvgIpc) is 2.60. The fourth-order valence-electron chi connectivity index (χ4n) is 2.50. The van der Waals surface area contributed by atoms with Crippen molar-refractivity contribution < 1.29 is 38.7 Å². The van der Waals surface area contributed by atoms with E-state index in [2.05, 4.69) is 14.8 Å². The lowest BCUT2D eigenvalue weighted by Crippen LogP contribution is -2.33. The number of phosphoric acid groups is 1. The summed E-state index contributed by atoms with van der Waals surface area (Å²) in [5.74, 6) is -1.03. The normalized spacial score (nSPS) is 12.7. The zero-order chi connectivity index (χ0) is 21.3. The Kier molecular flexibility index (Phi) is 9.71. The van der Waals surface area contributed by atoms with Crippen molar-refractivity contribution in [2.75, 3.05) is 0 Å². The molecule has 1 unspecified atom stereocenters. The summed E-state index contributed by atoms with van der Waals surface area (Å²) in [6.45, 7) is 2.91. The first kappa shape index (κ1) is 24.2. The molecule has 5 N–H and O–H groups in total. The number of unbranched alkanes of at least 4 members (excludes halogenated alkanes) is 2. The predicted octanol–water partition coefficient (Wildman–Crippen LogP) is 1.79. The number of hydrogen-bond acceptors (Lipinski definition) is 7. The van der Waals surface area contributed by atoms with Gasteiger partial charge in [-0.3, -0.25) is 19.1 Å². The Hall–Kier alpha value is -1.84. The minimum Gasteiger partial charge on any atom is -0.506 e. The van der Waals surface area contributed by atoms with Crippen molar-refractivity contribution in [2.24, 2.45) is 0 Å². The molecule has 0 bridgehead atoms. The third kappa shape index (κ3) is 8.90. The van der Waals surface area contributed by atoms with Gasteiger partial charge in [0.2, 0.25) is 0 Å². The molecule has 0 radical (unpaired) electrons. The van der Waals surface area contributed by atoms with Gasteiger partial charge >= 0.3 is 13.8 Å². The van der Waals surface area contributed by atoms with Crippen LogP contribution < -0.4 is 5.32 Å². The Morgan fingerprint density at radius 1 is 1.25 bits per heavy atom.